The molecule has 1 aromatic heterocycles. The number of benzene rings is 2. The number of aryl methyl sites for hydroxylation is 2. The van der Waals surface area contributed by atoms with Gasteiger partial charge >= 0.3 is 4.87 Å². The summed E-state index contributed by atoms with van der Waals surface area (Å²) >= 11 is 1.09. The second-order valence-electron chi connectivity index (χ2n) is 6.97. The molecule has 152 valence electrons. The van der Waals surface area contributed by atoms with Crippen LogP contribution in [-0.2, 0) is 21.9 Å². The lowest BCUT2D eigenvalue weighted by atomic mass is 10.1. The summed E-state index contributed by atoms with van der Waals surface area (Å²) in [6.45, 7) is 1.73. The van der Waals surface area contributed by atoms with Gasteiger partial charge in [0.15, 0.2) is 6.10 Å². The number of thiazole rings is 1. The molecule has 0 spiro atoms. The van der Waals surface area contributed by atoms with E-state index in [-0.39, 0.29) is 11.4 Å². The Morgan fingerprint density at radius 3 is 2.72 bits per heavy atom. The van der Waals surface area contributed by atoms with Gasteiger partial charge in [0.05, 0.1) is 28.7 Å². The molecule has 0 fully saturated rings. The Labute approximate surface area is 171 Å². The smallest absolute Gasteiger partial charge is 0.307 e. The fraction of sp³-hybridized carbons (Fsp3) is 0.263. The molecular formula is C19H19N3O5S2. The highest BCUT2D eigenvalue weighted by atomic mass is 32.2. The molecule has 1 aliphatic rings. The predicted molar refractivity (Wildman–Crippen MR) is 113 cm³/mol. The van der Waals surface area contributed by atoms with Crippen molar-refractivity contribution in [1.82, 2.24) is 4.57 Å². The number of amides is 1. The number of ether oxygens (including phenoxy) is 1. The third-order valence-corrected chi connectivity index (χ3v) is 6.88. The van der Waals surface area contributed by atoms with Crippen LogP contribution in [0.1, 0.15) is 5.56 Å². The van der Waals surface area contributed by atoms with Gasteiger partial charge in [0.2, 0.25) is 10.0 Å². The van der Waals surface area contributed by atoms with Crippen LogP contribution >= 0.6 is 11.3 Å². The summed E-state index contributed by atoms with van der Waals surface area (Å²) in [7, 11) is -1.90. The van der Waals surface area contributed by atoms with Crippen LogP contribution in [-0.4, -0.2) is 37.8 Å². The van der Waals surface area contributed by atoms with E-state index in [0.29, 0.717) is 17.1 Å². The summed E-state index contributed by atoms with van der Waals surface area (Å²) in [4.78, 5) is 24.5. The highest BCUT2D eigenvalue weighted by Crippen LogP contribution is 2.36. The van der Waals surface area contributed by atoms with E-state index in [9.17, 15) is 18.0 Å². The van der Waals surface area contributed by atoms with Gasteiger partial charge in [-0.1, -0.05) is 17.4 Å². The van der Waals surface area contributed by atoms with Gasteiger partial charge in [-0.15, -0.1) is 0 Å². The third kappa shape index (κ3) is 3.60. The first-order valence-electron chi connectivity index (χ1n) is 8.79. The van der Waals surface area contributed by atoms with Crippen LogP contribution in [0.25, 0.3) is 10.2 Å². The molecule has 0 saturated heterocycles. The van der Waals surface area contributed by atoms with E-state index in [2.05, 4.69) is 5.32 Å². The molecule has 1 N–H and O–H groups in total. The minimum atomic E-state index is -3.59. The van der Waals surface area contributed by atoms with Gasteiger partial charge in [-0.3, -0.25) is 13.9 Å². The molecule has 0 radical (unpaired) electrons. The molecule has 1 amide bonds. The first-order chi connectivity index (χ1) is 13.6. The Kier molecular flexibility index (Phi) is 4.62. The lowest BCUT2D eigenvalue weighted by Gasteiger charge is -2.34. The summed E-state index contributed by atoms with van der Waals surface area (Å²) in [5, 5.41) is 2.76. The molecule has 2 heterocycles. The maximum absolute atomic E-state index is 12.8. The minimum Gasteiger partial charge on any atom is -0.476 e. The lowest BCUT2D eigenvalue weighted by Crippen LogP contribution is -2.48. The van der Waals surface area contributed by atoms with Gasteiger partial charge in [-0.25, -0.2) is 8.42 Å². The summed E-state index contributed by atoms with van der Waals surface area (Å²) in [6.07, 6.45) is 0.0927. The average Bonchev–Trinajstić information content (AvgIpc) is 2.93. The number of carbonyl (C=O) groups is 1. The number of hydrogen-bond acceptors (Lipinski definition) is 6. The average molecular weight is 434 g/mol. The summed E-state index contributed by atoms with van der Waals surface area (Å²) in [5.74, 6) is -0.128. The maximum atomic E-state index is 12.8. The number of anilines is 2. The van der Waals surface area contributed by atoms with Gasteiger partial charge in [-0.2, -0.15) is 0 Å². The van der Waals surface area contributed by atoms with Crippen molar-refractivity contribution in [2.45, 2.75) is 13.0 Å². The van der Waals surface area contributed by atoms with Gasteiger partial charge in [0, 0.05) is 12.7 Å². The van der Waals surface area contributed by atoms with Crippen molar-refractivity contribution in [1.29, 1.82) is 0 Å². The molecule has 8 nitrogen and oxygen atoms in total. The highest BCUT2D eigenvalue weighted by molar-refractivity contribution is 7.92. The van der Waals surface area contributed by atoms with E-state index < -0.39 is 22.0 Å². The van der Waals surface area contributed by atoms with Crippen molar-refractivity contribution in [3.63, 3.8) is 0 Å². The van der Waals surface area contributed by atoms with Gasteiger partial charge < -0.3 is 14.6 Å². The van der Waals surface area contributed by atoms with Crippen molar-refractivity contribution >= 4 is 48.9 Å². The number of hydrogen-bond donors (Lipinski definition) is 1. The van der Waals surface area contributed by atoms with Crippen LogP contribution in [0.3, 0.4) is 0 Å². The highest BCUT2D eigenvalue weighted by Gasteiger charge is 2.35. The molecular weight excluding hydrogens is 414 g/mol. The van der Waals surface area contributed by atoms with E-state index >= 15 is 0 Å². The van der Waals surface area contributed by atoms with Crippen LogP contribution < -0.4 is 19.2 Å². The maximum Gasteiger partial charge on any atom is 0.307 e. The van der Waals surface area contributed by atoms with Crippen LogP contribution in [0.4, 0.5) is 11.4 Å². The first kappa shape index (κ1) is 19.5. The number of rotatable bonds is 3. The van der Waals surface area contributed by atoms with Crippen molar-refractivity contribution < 1.29 is 17.9 Å². The topological polar surface area (TPSA) is 97.7 Å². The molecule has 0 bridgehead atoms. The fourth-order valence-electron chi connectivity index (χ4n) is 3.25. The Balaban J connectivity index is 1.62. The summed E-state index contributed by atoms with van der Waals surface area (Å²) in [5.41, 5.74) is 2.60. The zero-order valence-corrected chi connectivity index (χ0v) is 17.6. The second kappa shape index (κ2) is 6.89. The number of aromatic nitrogens is 1. The molecule has 10 heteroatoms. The predicted octanol–water partition coefficient (Wildman–Crippen LogP) is 2.07. The molecule has 0 aliphatic carbocycles. The Morgan fingerprint density at radius 1 is 1.24 bits per heavy atom. The SMILES string of the molecule is Cc1ccc2c(c1)N(S(C)(=O)=O)CC(C(=O)Nc1ccc3c(c1)sc(=O)n3C)O2. The van der Waals surface area contributed by atoms with Crippen molar-refractivity contribution in [3.8, 4) is 5.75 Å². The van der Waals surface area contributed by atoms with Crippen LogP contribution in [0.2, 0.25) is 0 Å². The Morgan fingerprint density at radius 2 is 2.00 bits per heavy atom. The Bertz CT molecular complexity index is 1290. The van der Waals surface area contributed by atoms with Gasteiger partial charge in [-0.05, 0) is 42.8 Å². The monoisotopic (exact) mass is 433 g/mol. The van der Waals surface area contributed by atoms with Crippen LogP contribution in [0.15, 0.2) is 41.2 Å². The van der Waals surface area contributed by atoms with Crippen LogP contribution in [0.5, 0.6) is 5.75 Å². The van der Waals surface area contributed by atoms with E-state index in [1.165, 1.54) is 4.31 Å². The van der Waals surface area contributed by atoms with E-state index in [1.54, 1.807) is 48.0 Å². The van der Waals surface area contributed by atoms with Crippen LogP contribution in [0, 0.1) is 6.92 Å². The number of carbonyl (C=O) groups excluding carboxylic acids is 1. The van der Waals surface area contributed by atoms with E-state index in [1.807, 2.05) is 6.92 Å². The normalized spacial score (nSPS) is 16.4. The zero-order valence-electron chi connectivity index (χ0n) is 16.0. The number of nitrogens with one attached hydrogen (secondary N) is 1. The van der Waals surface area contributed by atoms with Gasteiger partial charge in [0.1, 0.15) is 5.75 Å². The van der Waals surface area contributed by atoms with Crippen molar-refractivity contribution in [3.05, 3.63) is 51.6 Å². The quantitative estimate of drug-likeness (QED) is 0.682. The molecule has 0 saturated carbocycles. The third-order valence-electron chi connectivity index (χ3n) is 4.74. The number of nitrogens with zero attached hydrogens (tertiary/aromatic N) is 2. The minimum absolute atomic E-state index is 0.0882. The van der Waals surface area contributed by atoms with E-state index in [0.717, 1.165) is 33.4 Å². The molecule has 1 unspecified atom stereocenters. The summed E-state index contributed by atoms with van der Waals surface area (Å²) < 4.78 is 33.8. The van der Waals surface area contributed by atoms with E-state index in [4.69, 9.17) is 4.74 Å². The Hall–Kier alpha value is -2.85. The fourth-order valence-corrected chi connectivity index (χ4v) is 5.07. The molecule has 29 heavy (non-hydrogen) atoms. The van der Waals surface area contributed by atoms with Crippen molar-refractivity contribution in [2.75, 3.05) is 22.4 Å². The number of sulfonamides is 1. The molecule has 1 aliphatic heterocycles. The zero-order chi connectivity index (χ0) is 20.9. The number of fused-ring (bicyclic) bond motifs is 2. The molecule has 2 aromatic carbocycles. The largest absolute Gasteiger partial charge is 0.476 e. The molecule has 1 atom stereocenters. The lowest BCUT2D eigenvalue weighted by molar-refractivity contribution is -0.122. The molecule has 4 rings (SSSR count). The first-order valence-corrected chi connectivity index (χ1v) is 11.5. The standard InChI is InChI=1S/C19H19N3O5S2/c1-11-4-7-15-14(8-11)22(29(3,25)26)10-16(27-15)18(23)20-12-5-6-13-17(9-12)28-19(24)21(13)2/h4-9,16H,10H2,1-3H3,(H,20,23). The van der Waals surface area contributed by atoms with Crippen molar-refractivity contribution in [2.24, 2.45) is 7.05 Å². The second-order valence-corrected chi connectivity index (χ2v) is 9.87. The molecule has 3 aromatic rings. The van der Waals surface area contributed by atoms with Gasteiger partial charge in [0.25, 0.3) is 5.91 Å². The summed E-state index contributed by atoms with van der Waals surface area (Å²) in [6, 6.07) is 10.3.